The van der Waals surface area contributed by atoms with Crippen LogP contribution in [-0.2, 0) is 14.8 Å². The third-order valence-electron chi connectivity index (χ3n) is 6.26. The Kier molecular flexibility index (Phi) is 7.65. The summed E-state index contributed by atoms with van der Waals surface area (Å²) in [5, 5.41) is 3.00. The first-order valence-corrected chi connectivity index (χ1v) is 12.2. The molecule has 1 unspecified atom stereocenters. The van der Waals surface area contributed by atoms with E-state index >= 15 is 0 Å². The van der Waals surface area contributed by atoms with E-state index in [2.05, 4.69) is 12.2 Å². The standard InChI is InChI=1S/C21H32FN3O3S/c1-17-6-2-3-13-24(17)14-5-12-23-21(26)18-7-4-15-25(16-18)29(27,28)20-10-8-19(22)9-11-20/h8-11,17-18H,2-7,12-16H2,1H3,(H,23,26)/p+1/t17-,18+/m0/s1. The molecule has 1 aromatic carbocycles. The van der Waals surface area contributed by atoms with Crippen molar-refractivity contribution in [2.24, 2.45) is 5.92 Å². The molecule has 29 heavy (non-hydrogen) atoms. The lowest BCUT2D eigenvalue weighted by molar-refractivity contribution is -0.928. The highest BCUT2D eigenvalue weighted by molar-refractivity contribution is 7.89. The molecule has 1 amide bonds. The second-order valence-corrected chi connectivity index (χ2v) is 10.3. The number of likely N-dealkylation sites (tertiary alicyclic amines) is 1. The molecule has 2 heterocycles. The van der Waals surface area contributed by atoms with Crippen molar-refractivity contribution in [2.45, 2.75) is 56.4 Å². The molecule has 2 aliphatic rings. The second kappa shape index (κ2) is 10.00. The largest absolute Gasteiger partial charge is 0.356 e. The zero-order valence-corrected chi connectivity index (χ0v) is 18.0. The minimum atomic E-state index is -3.71. The molecule has 3 rings (SSSR count). The maximum absolute atomic E-state index is 13.1. The first kappa shape index (κ1) is 22.2. The predicted molar refractivity (Wildman–Crippen MR) is 110 cm³/mol. The van der Waals surface area contributed by atoms with Crippen molar-refractivity contribution in [3.05, 3.63) is 30.1 Å². The molecule has 2 aliphatic heterocycles. The molecule has 8 heteroatoms. The van der Waals surface area contributed by atoms with Crippen LogP contribution >= 0.6 is 0 Å². The Morgan fingerprint density at radius 1 is 1.21 bits per heavy atom. The van der Waals surface area contributed by atoms with Crippen LogP contribution in [0.3, 0.4) is 0 Å². The Labute approximate surface area is 173 Å². The topological polar surface area (TPSA) is 70.9 Å². The van der Waals surface area contributed by atoms with E-state index in [4.69, 9.17) is 0 Å². The quantitative estimate of drug-likeness (QED) is 0.644. The van der Waals surface area contributed by atoms with Gasteiger partial charge in [0, 0.05) is 26.1 Å². The van der Waals surface area contributed by atoms with Gasteiger partial charge in [-0.05, 0) is 63.3 Å². The van der Waals surface area contributed by atoms with Gasteiger partial charge in [0.1, 0.15) is 5.82 Å². The van der Waals surface area contributed by atoms with E-state index in [1.165, 1.54) is 42.2 Å². The molecule has 0 radical (unpaired) electrons. The molecule has 162 valence electrons. The van der Waals surface area contributed by atoms with Crippen LogP contribution in [0.1, 0.15) is 45.4 Å². The number of sulfonamides is 1. The normalized spacial score (nSPS) is 26.2. The van der Waals surface area contributed by atoms with Crippen LogP contribution in [0.15, 0.2) is 29.2 Å². The number of carbonyl (C=O) groups is 1. The minimum Gasteiger partial charge on any atom is -0.356 e. The number of hydrogen-bond acceptors (Lipinski definition) is 3. The maximum atomic E-state index is 13.1. The Morgan fingerprint density at radius 2 is 1.97 bits per heavy atom. The number of carbonyl (C=O) groups excluding carboxylic acids is 1. The van der Waals surface area contributed by atoms with E-state index in [-0.39, 0.29) is 23.3 Å². The molecule has 2 saturated heterocycles. The van der Waals surface area contributed by atoms with E-state index in [0.29, 0.717) is 32.0 Å². The third-order valence-corrected chi connectivity index (χ3v) is 8.14. The lowest BCUT2D eigenvalue weighted by atomic mass is 9.99. The van der Waals surface area contributed by atoms with Gasteiger partial charge in [0.15, 0.2) is 0 Å². The zero-order chi connectivity index (χ0) is 20.9. The average Bonchev–Trinajstić information content (AvgIpc) is 2.72. The number of nitrogens with zero attached hydrogens (tertiary/aromatic N) is 1. The smallest absolute Gasteiger partial charge is 0.243 e. The highest BCUT2D eigenvalue weighted by atomic mass is 32.2. The fourth-order valence-corrected chi connectivity index (χ4v) is 5.95. The van der Waals surface area contributed by atoms with E-state index in [0.717, 1.165) is 25.1 Å². The van der Waals surface area contributed by atoms with Crippen molar-refractivity contribution in [2.75, 3.05) is 32.7 Å². The molecule has 2 N–H and O–H groups in total. The summed E-state index contributed by atoms with van der Waals surface area (Å²) in [4.78, 5) is 14.3. The lowest BCUT2D eigenvalue weighted by Crippen LogP contribution is -3.16. The summed E-state index contributed by atoms with van der Waals surface area (Å²) < 4.78 is 40.1. The highest BCUT2D eigenvalue weighted by Crippen LogP contribution is 2.24. The molecule has 0 saturated carbocycles. The van der Waals surface area contributed by atoms with E-state index < -0.39 is 15.8 Å². The fraction of sp³-hybridized carbons (Fsp3) is 0.667. The van der Waals surface area contributed by atoms with E-state index in [9.17, 15) is 17.6 Å². The van der Waals surface area contributed by atoms with Crippen molar-refractivity contribution in [3.8, 4) is 0 Å². The minimum absolute atomic E-state index is 0.0642. The Morgan fingerprint density at radius 3 is 2.69 bits per heavy atom. The molecule has 0 aromatic heterocycles. The first-order chi connectivity index (χ1) is 13.9. The summed E-state index contributed by atoms with van der Waals surface area (Å²) in [6.07, 6.45) is 6.16. The van der Waals surface area contributed by atoms with Crippen molar-refractivity contribution in [1.82, 2.24) is 9.62 Å². The number of hydrogen-bond donors (Lipinski definition) is 2. The second-order valence-electron chi connectivity index (χ2n) is 8.36. The van der Waals surface area contributed by atoms with Gasteiger partial charge in [-0.15, -0.1) is 0 Å². The first-order valence-electron chi connectivity index (χ1n) is 10.8. The van der Waals surface area contributed by atoms with Crippen LogP contribution in [0, 0.1) is 11.7 Å². The third kappa shape index (κ3) is 5.77. The van der Waals surface area contributed by atoms with Crippen LogP contribution in [0.2, 0.25) is 0 Å². The van der Waals surface area contributed by atoms with Gasteiger partial charge in [0.05, 0.1) is 29.9 Å². The van der Waals surface area contributed by atoms with Gasteiger partial charge in [-0.25, -0.2) is 12.8 Å². The Hall–Kier alpha value is -1.51. The van der Waals surface area contributed by atoms with E-state index in [1.807, 2.05) is 0 Å². The molecule has 2 fully saturated rings. The SMILES string of the molecule is C[C@H]1CCCC[NH+]1CCCNC(=O)[C@@H]1CCCN(S(=O)(=O)c2ccc(F)cc2)C1. The van der Waals surface area contributed by atoms with Gasteiger partial charge in [-0.2, -0.15) is 4.31 Å². The van der Waals surface area contributed by atoms with Gasteiger partial charge in [0.2, 0.25) is 15.9 Å². The van der Waals surface area contributed by atoms with Crippen LogP contribution in [0.4, 0.5) is 4.39 Å². The fourth-order valence-electron chi connectivity index (χ4n) is 4.43. The summed E-state index contributed by atoms with van der Waals surface area (Å²) >= 11 is 0. The molecule has 6 nitrogen and oxygen atoms in total. The van der Waals surface area contributed by atoms with Gasteiger partial charge in [-0.1, -0.05) is 0 Å². The van der Waals surface area contributed by atoms with Crippen LogP contribution in [-0.4, -0.2) is 57.4 Å². The van der Waals surface area contributed by atoms with Crippen LogP contribution < -0.4 is 10.2 Å². The summed E-state index contributed by atoms with van der Waals surface area (Å²) in [6, 6.07) is 5.54. The van der Waals surface area contributed by atoms with E-state index in [1.54, 1.807) is 4.90 Å². The summed E-state index contributed by atoms with van der Waals surface area (Å²) in [5.41, 5.74) is 0. The van der Waals surface area contributed by atoms with Crippen LogP contribution in [0.5, 0.6) is 0 Å². The van der Waals surface area contributed by atoms with Crippen molar-refractivity contribution >= 4 is 15.9 Å². The van der Waals surface area contributed by atoms with Gasteiger partial charge in [0.25, 0.3) is 0 Å². The van der Waals surface area contributed by atoms with Gasteiger partial charge >= 0.3 is 0 Å². The lowest BCUT2D eigenvalue weighted by Gasteiger charge is -2.31. The zero-order valence-electron chi connectivity index (χ0n) is 17.2. The van der Waals surface area contributed by atoms with Gasteiger partial charge < -0.3 is 10.2 Å². The van der Waals surface area contributed by atoms with Crippen molar-refractivity contribution < 1.29 is 22.5 Å². The monoisotopic (exact) mass is 426 g/mol. The number of rotatable bonds is 7. The number of amides is 1. The average molecular weight is 427 g/mol. The number of benzene rings is 1. The number of quaternary nitrogens is 1. The molecule has 0 spiro atoms. The molecular weight excluding hydrogens is 393 g/mol. The molecule has 1 aromatic rings. The Balaban J connectivity index is 1.48. The number of halogens is 1. The highest BCUT2D eigenvalue weighted by Gasteiger charge is 2.33. The Bertz CT molecular complexity index is 785. The van der Waals surface area contributed by atoms with Crippen molar-refractivity contribution in [3.63, 3.8) is 0 Å². The van der Waals surface area contributed by atoms with Gasteiger partial charge in [-0.3, -0.25) is 4.79 Å². The molecular formula is C21H33FN3O3S+. The predicted octanol–water partition coefficient (Wildman–Crippen LogP) is 1.19. The number of piperidine rings is 2. The summed E-state index contributed by atoms with van der Waals surface area (Å²) in [5.74, 6) is -0.869. The molecule has 3 atom stereocenters. The number of nitrogens with one attached hydrogen (secondary N) is 2. The maximum Gasteiger partial charge on any atom is 0.243 e. The van der Waals surface area contributed by atoms with Crippen molar-refractivity contribution in [1.29, 1.82) is 0 Å². The molecule has 0 bridgehead atoms. The summed E-state index contributed by atoms with van der Waals surface area (Å²) in [7, 11) is -3.71. The molecule has 0 aliphatic carbocycles. The summed E-state index contributed by atoms with van der Waals surface area (Å²) in [6.45, 7) is 5.78. The van der Waals surface area contributed by atoms with Crippen LogP contribution in [0.25, 0.3) is 0 Å².